The highest BCUT2D eigenvalue weighted by molar-refractivity contribution is 6.30. The number of hydrogen-bond acceptors (Lipinski definition) is 3. The second kappa shape index (κ2) is 5.25. The molecule has 2 rings (SSSR count). The van der Waals surface area contributed by atoms with Crippen LogP contribution in [0.25, 0.3) is 0 Å². The molecule has 4 heteroatoms. The summed E-state index contributed by atoms with van der Waals surface area (Å²) >= 11 is 6.09. The number of nitrogens with zero attached hydrogens (tertiary/aromatic N) is 2. The van der Waals surface area contributed by atoms with Crippen molar-refractivity contribution >= 4 is 17.3 Å². The Morgan fingerprint density at radius 3 is 2.82 bits per heavy atom. The fourth-order valence-electron chi connectivity index (χ4n) is 2.47. The van der Waals surface area contributed by atoms with Gasteiger partial charge in [0.15, 0.2) is 0 Å². The Bertz CT molecular complexity index is 394. The minimum absolute atomic E-state index is 0.498. The molecule has 94 valence electrons. The van der Waals surface area contributed by atoms with E-state index in [-0.39, 0.29) is 0 Å². The van der Waals surface area contributed by atoms with Crippen LogP contribution in [0.1, 0.15) is 12.5 Å². The first-order chi connectivity index (χ1) is 8.11. The van der Waals surface area contributed by atoms with E-state index in [0.29, 0.717) is 12.6 Å². The molecular weight excluding hydrogens is 234 g/mol. The minimum Gasteiger partial charge on any atom is -0.366 e. The van der Waals surface area contributed by atoms with E-state index in [9.17, 15) is 0 Å². The van der Waals surface area contributed by atoms with Crippen molar-refractivity contribution in [1.82, 2.24) is 4.90 Å². The molecule has 1 aromatic rings. The highest BCUT2D eigenvalue weighted by Crippen LogP contribution is 2.27. The lowest BCUT2D eigenvalue weighted by Gasteiger charge is -2.40. The molecule has 1 saturated heterocycles. The normalized spacial score (nSPS) is 21.9. The minimum atomic E-state index is 0.498. The van der Waals surface area contributed by atoms with E-state index in [1.807, 2.05) is 18.2 Å². The van der Waals surface area contributed by atoms with Crippen LogP contribution in [0, 0.1) is 0 Å². The smallest absolute Gasteiger partial charge is 0.0430 e. The zero-order valence-corrected chi connectivity index (χ0v) is 11.2. The highest BCUT2D eigenvalue weighted by atomic mass is 35.5. The molecule has 1 heterocycles. The maximum Gasteiger partial charge on any atom is 0.0430 e. The predicted octanol–water partition coefficient (Wildman–Crippen LogP) is 1.94. The number of piperazine rings is 1. The topological polar surface area (TPSA) is 32.5 Å². The summed E-state index contributed by atoms with van der Waals surface area (Å²) < 4.78 is 0. The number of hydrogen-bond donors (Lipinski definition) is 1. The maximum absolute atomic E-state index is 6.09. The Kier molecular flexibility index (Phi) is 3.92. The Morgan fingerprint density at radius 1 is 1.41 bits per heavy atom. The van der Waals surface area contributed by atoms with Gasteiger partial charge in [-0.25, -0.2) is 0 Å². The van der Waals surface area contributed by atoms with Crippen LogP contribution < -0.4 is 10.6 Å². The molecule has 0 radical (unpaired) electrons. The quantitative estimate of drug-likeness (QED) is 0.874. The van der Waals surface area contributed by atoms with Crippen molar-refractivity contribution < 1.29 is 0 Å². The van der Waals surface area contributed by atoms with Crippen molar-refractivity contribution in [3.8, 4) is 0 Å². The summed E-state index contributed by atoms with van der Waals surface area (Å²) in [5.74, 6) is 0. The van der Waals surface area contributed by atoms with E-state index >= 15 is 0 Å². The van der Waals surface area contributed by atoms with E-state index in [2.05, 4.69) is 23.8 Å². The van der Waals surface area contributed by atoms with Crippen molar-refractivity contribution in [2.24, 2.45) is 5.73 Å². The number of likely N-dealkylation sites (N-methyl/N-ethyl adjacent to an activating group) is 1. The van der Waals surface area contributed by atoms with Gasteiger partial charge in [0.05, 0.1) is 0 Å². The van der Waals surface area contributed by atoms with Gasteiger partial charge < -0.3 is 15.5 Å². The lowest BCUT2D eigenvalue weighted by atomic mass is 10.1. The Hall–Kier alpha value is -0.770. The molecule has 2 N–H and O–H groups in total. The monoisotopic (exact) mass is 253 g/mol. The van der Waals surface area contributed by atoms with Crippen LogP contribution in [-0.4, -0.2) is 37.6 Å². The fourth-order valence-corrected chi connectivity index (χ4v) is 2.64. The van der Waals surface area contributed by atoms with Gasteiger partial charge in [-0.1, -0.05) is 17.7 Å². The van der Waals surface area contributed by atoms with Crippen LogP contribution in [0.15, 0.2) is 18.2 Å². The first-order valence-electron chi connectivity index (χ1n) is 6.05. The summed E-state index contributed by atoms with van der Waals surface area (Å²) in [4.78, 5) is 4.77. The fraction of sp³-hybridized carbons (Fsp3) is 0.538. The van der Waals surface area contributed by atoms with E-state index < -0.39 is 0 Å². The second-order valence-electron chi connectivity index (χ2n) is 4.78. The molecule has 1 aromatic carbocycles. The van der Waals surface area contributed by atoms with Crippen LogP contribution in [-0.2, 0) is 6.54 Å². The zero-order chi connectivity index (χ0) is 12.4. The van der Waals surface area contributed by atoms with E-state index in [1.54, 1.807) is 0 Å². The number of rotatable bonds is 2. The first kappa shape index (κ1) is 12.7. The van der Waals surface area contributed by atoms with Gasteiger partial charge >= 0.3 is 0 Å². The van der Waals surface area contributed by atoms with Crippen LogP contribution in [0.5, 0.6) is 0 Å². The predicted molar refractivity (Wildman–Crippen MR) is 73.6 cm³/mol. The van der Waals surface area contributed by atoms with E-state index in [4.69, 9.17) is 17.3 Å². The van der Waals surface area contributed by atoms with Gasteiger partial charge in [-0.3, -0.25) is 0 Å². The second-order valence-corrected chi connectivity index (χ2v) is 5.22. The van der Waals surface area contributed by atoms with Gasteiger partial charge in [0, 0.05) is 42.9 Å². The number of halogens is 1. The largest absolute Gasteiger partial charge is 0.366 e. The molecule has 0 amide bonds. The molecule has 0 aromatic heterocycles. The Labute approximate surface area is 108 Å². The average Bonchev–Trinajstić information content (AvgIpc) is 2.29. The highest BCUT2D eigenvalue weighted by Gasteiger charge is 2.23. The van der Waals surface area contributed by atoms with Crippen molar-refractivity contribution in [2.75, 3.05) is 31.6 Å². The summed E-state index contributed by atoms with van der Waals surface area (Å²) in [6.07, 6.45) is 0. The SMILES string of the molecule is CC1CN(C)CCN1c1cc(Cl)ccc1CN. The molecule has 3 nitrogen and oxygen atoms in total. The third-order valence-corrected chi connectivity index (χ3v) is 3.64. The Morgan fingerprint density at radius 2 is 2.18 bits per heavy atom. The van der Waals surface area contributed by atoms with Gasteiger partial charge in [0.1, 0.15) is 0 Å². The van der Waals surface area contributed by atoms with Gasteiger partial charge in [-0.05, 0) is 31.7 Å². The van der Waals surface area contributed by atoms with Crippen LogP contribution in [0.3, 0.4) is 0 Å². The standard InChI is InChI=1S/C13H20ClN3/c1-10-9-16(2)5-6-17(10)13-7-12(14)4-3-11(13)8-15/h3-4,7,10H,5-6,8-9,15H2,1-2H3. The van der Waals surface area contributed by atoms with E-state index in [0.717, 1.165) is 24.7 Å². The van der Waals surface area contributed by atoms with Crippen molar-refractivity contribution in [1.29, 1.82) is 0 Å². The van der Waals surface area contributed by atoms with E-state index in [1.165, 1.54) is 11.3 Å². The van der Waals surface area contributed by atoms with Crippen molar-refractivity contribution in [2.45, 2.75) is 19.5 Å². The molecule has 17 heavy (non-hydrogen) atoms. The molecule has 0 saturated carbocycles. The van der Waals surface area contributed by atoms with Crippen molar-refractivity contribution in [3.05, 3.63) is 28.8 Å². The number of benzene rings is 1. The first-order valence-corrected chi connectivity index (χ1v) is 6.43. The molecule has 0 spiro atoms. The molecule has 1 aliphatic rings. The van der Waals surface area contributed by atoms with Crippen LogP contribution in [0.4, 0.5) is 5.69 Å². The average molecular weight is 254 g/mol. The molecule has 1 atom stereocenters. The summed E-state index contributed by atoms with van der Waals surface area (Å²) in [6, 6.07) is 6.47. The molecule has 1 fully saturated rings. The number of nitrogens with two attached hydrogens (primary N) is 1. The Balaban J connectivity index is 2.29. The lowest BCUT2D eigenvalue weighted by molar-refractivity contribution is 0.275. The van der Waals surface area contributed by atoms with Gasteiger partial charge in [0.2, 0.25) is 0 Å². The lowest BCUT2D eigenvalue weighted by Crippen LogP contribution is -2.50. The molecule has 1 unspecified atom stereocenters. The summed E-state index contributed by atoms with van der Waals surface area (Å²) in [5.41, 5.74) is 8.17. The molecular formula is C13H20ClN3. The third kappa shape index (κ3) is 2.73. The molecule has 1 aliphatic heterocycles. The summed E-state index contributed by atoms with van der Waals surface area (Å²) in [6.45, 7) is 6.00. The molecule has 0 aliphatic carbocycles. The third-order valence-electron chi connectivity index (χ3n) is 3.41. The number of anilines is 1. The summed E-state index contributed by atoms with van der Waals surface area (Å²) in [5, 5.41) is 0.781. The van der Waals surface area contributed by atoms with Gasteiger partial charge in [-0.2, -0.15) is 0 Å². The van der Waals surface area contributed by atoms with Crippen LogP contribution >= 0.6 is 11.6 Å². The zero-order valence-electron chi connectivity index (χ0n) is 10.5. The van der Waals surface area contributed by atoms with Crippen molar-refractivity contribution in [3.63, 3.8) is 0 Å². The maximum atomic E-state index is 6.09. The van der Waals surface area contributed by atoms with Gasteiger partial charge in [-0.15, -0.1) is 0 Å². The molecule has 0 bridgehead atoms. The van der Waals surface area contributed by atoms with Gasteiger partial charge in [0.25, 0.3) is 0 Å². The van der Waals surface area contributed by atoms with Crippen LogP contribution in [0.2, 0.25) is 5.02 Å². The summed E-state index contributed by atoms with van der Waals surface area (Å²) in [7, 11) is 2.16.